The van der Waals surface area contributed by atoms with Gasteiger partial charge in [0, 0.05) is 19.7 Å². The van der Waals surface area contributed by atoms with Crippen LogP contribution in [0, 0.1) is 5.92 Å². The lowest BCUT2D eigenvalue weighted by Gasteiger charge is -2.36. The molecule has 0 aromatic carbocycles. The summed E-state index contributed by atoms with van der Waals surface area (Å²) in [6.45, 7) is 5.85. The summed E-state index contributed by atoms with van der Waals surface area (Å²) >= 11 is 0. The molecule has 1 aliphatic rings. The lowest BCUT2D eigenvalue weighted by Crippen LogP contribution is -2.47. The maximum Gasteiger partial charge on any atom is 0.0771 e. The van der Waals surface area contributed by atoms with E-state index in [1.165, 1.54) is 0 Å². The minimum atomic E-state index is -0.479. The molecule has 0 spiro atoms. The van der Waals surface area contributed by atoms with Crippen molar-refractivity contribution in [3.05, 3.63) is 0 Å². The van der Waals surface area contributed by atoms with Crippen LogP contribution in [0.25, 0.3) is 0 Å². The third kappa shape index (κ3) is 4.40. The quantitative estimate of drug-likeness (QED) is 0.731. The van der Waals surface area contributed by atoms with E-state index in [0.717, 1.165) is 44.6 Å². The Kier molecular flexibility index (Phi) is 5.73. The zero-order valence-corrected chi connectivity index (χ0v) is 11.0. The predicted octanol–water partition coefficient (Wildman–Crippen LogP) is 1.94. The van der Waals surface area contributed by atoms with Crippen molar-refractivity contribution in [1.82, 2.24) is 5.32 Å². The Bertz CT molecular complexity index is 188. The van der Waals surface area contributed by atoms with E-state index in [9.17, 15) is 5.11 Å². The molecule has 0 aliphatic heterocycles. The van der Waals surface area contributed by atoms with Crippen molar-refractivity contribution in [3.8, 4) is 0 Å². The fraction of sp³-hybridized carbons (Fsp3) is 1.00. The summed E-state index contributed by atoms with van der Waals surface area (Å²) in [6, 6.07) is 0.369. The average molecular weight is 229 g/mol. The molecule has 0 amide bonds. The van der Waals surface area contributed by atoms with Gasteiger partial charge < -0.3 is 15.2 Å². The van der Waals surface area contributed by atoms with Crippen LogP contribution in [0.3, 0.4) is 0 Å². The molecule has 3 heteroatoms. The maximum absolute atomic E-state index is 10.4. The van der Waals surface area contributed by atoms with E-state index >= 15 is 0 Å². The Labute approximate surface area is 99.6 Å². The molecule has 1 fully saturated rings. The molecule has 1 atom stereocenters. The van der Waals surface area contributed by atoms with Gasteiger partial charge in [0.05, 0.1) is 12.2 Å². The van der Waals surface area contributed by atoms with Crippen LogP contribution in [0.15, 0.2) is 0 Å². The van der Waals surface area contributed by atoms with Gasteiger partial charge in [-0.15, -0.1) is 0 Å². The molecule has 0 bridgehead atoms. The molecule has 1 aliphatic carbocycles. The lowest BCUT2D eigenvalue weighted by atomic mass is 9.79. The Morgan fingerprint density at radius 2 is 2.06 bits per heavy atom. The van der Waals surface area contributed by atoms with Gasteiger partial charge in [0.1, 0.15) is 0 Å². The molecular formula is C13H27NO2. The van der Waals surface area contributed by atoms with Gasteiger partial charge in [0.15, 0.2) is 0 Å². The fourth-order valence-electron chi connectivity index (χ4n) is 2.33. The molecule has 0 heterocycles. The third-order valence-electron chi connectivity index (χ3n) is 3.79. The molecule has 0 aromatic rings. The third-order valence-corrected chi connectivity index (χ3v) is 3.79. The molecule has 3 nitrogen and oxygen atoms in total. The summed E-state index contributed by atoms with van der Waals surface area (Å²) in [4.78, 5) is 0. The number of ether oxygens (including phenoxy) is 1. The molecule has 1 rings (SSSR count). The molecule has 0 radical (unpaired) electrons. The monoisotopic (exact) mass is 229 g/mol. The number of aliphatic hydroxyl groups is 1. The van der Waals surface area contributed by atoms with Crippen molar-refractivity contribution in [2.45, 2.75) is 57.6 Å². The SMILES string of the molecule is CCC(COC)NCC1(O)CCC(C)CC1. The largest absolute Gasteiger partial charge is 0.389 e. The Hall–Kier alpha value is -0.120. The van der Waals surface area contributed by atoms with Gasteiger partial charge in [-0.25, -0.2) is 0 Å². The molecule has 1 unspecified atom stereocenters. The highest BCUT2D eigenvalue weighted by Gasteiger charge is 2.31. The number of hydrogen-bond donors (Lipinski definition) is 2. The summed E-state index contributed by atoms with van der Waals surface area (Å²) in [6.07, 6.45) is 5.22. The minimum absolute atomic E-state index is 0.369. The summed E-state index contributed by atoms with van der Waals surface area (Å²) in [5.74, 6) is 0.779. The van der Waals surface area contributed by atoms with E-state index < -0.39 is 5.60 Å². The first kappa shape index (κ1) is 13.9. The smallest absolute Gasteiger partial charge is 0.0771 e. The lowest BCUT2D eigenvalue weighted by molar-refractivity contribution is -0.0103. The molecule has 96 valence electrons. The maximum atomic E-state index is 10.4. The Morgan fingerprint density at radius 1 is 1.44 bits per heavy atom. The van der Waals surface area contributed by atoms with Crippen molar-refractivity contribution >= 4 is 0 Å². The van der Waals surface area contributed by atoms with Crippen LogP contribution >= 0.6 is 0 Å². The molecular weight excluding hydrogens is 202 g/mol. The van der Waals surface area contributed by atoms with Gasteiger partial charge in [0.25, 0.3) is 0 Å². The highest BCUT2D eigenvalue weighted by atomic mass is 16.5. The van der Waals surface area contributed by atoms with Crippen LogP contribution in [0.5, 0.6) is 0 Å². The topological polar surface area (TPSA) is 41.5 Å². The second-order valence-electron chi connectivity index (χ2n) is 5.35. The Balaban J connectivity index is 2.29. The van der Waals surface area contributed by atoms with Gasteiger partial charge in [-0.2, -0.15) is 0 Å². The van der Waals surface area contributed by atoms with Crippen LogP contribution in [0.2, 0.25) is 0 Å². The standard InChI is InChI=1S/C13H27NO2/c1-4-12(9-16-3)14-10-13(15)7-5-11(2)6-8-13/h11-12,14-15H,4-10H2,1-3H3. The van der Waals surface area contributed by atoms with E-state index in [1.54, 1.807) is 7.11 Å². The average Bonchev–Trinajstić information content (AvgIpc) is 2.29. The van der Waals surface area contributed by atoms with Gasteiger partial charge in [-0.05, 0) is 38.0 Å². The number of hydrogen-bond acceptors (Lipinski definition) is 3. The second kappa shape index (κ2) is 6.58. The van der Waals surface area contributed by atoms with Crippen molar-refractivity contribution in [2.75, 3.05) is 20.3 Å². The summed E-state index contributed by atoms with van der Waals surface area (Å²) in [5, 5.41) is 13.8. The Morgan fingerprint density at radius 3 is 2.56 bits per heavy atom. The summed E-state index contributed by atoms with van der Waals surface area (Å²) in [5.41, 5.74) is -0.479. The minimum Gasteiger partial charge on any atom is -0.389 e. The van der Waals surface area contributed by atoms with Gasteiger partial charge in [0.2, 0.25) is 0 Å². The predicted molar refractivity (Wildman–Crippen MR) is 66.5 cm³/mol. The van der Waals surface area contributed by atoms with Crippen LogP contribution < -0.4 is 5.32 Å². The highest BCUT2D eigenvalue weighted by Crippen LogP contribution is 2.31. The van der Waals surface area contributed by atoms with Crippen molar-refractivity contribution in [1.29, 1.82) is 0 Å². The van der Waals surface area contributed by atoms with Gasteiger partial charge >= 0.3 is 0 Å². The van der Waals surface area contributed by atoms with Gasteiger partial charge in [-0.3, -0.25) is 0 Å². The fourth-order valence-corrected chi connectivity index (χ4v) is 2.33. The molecule has 1 saturated carbocycles. The first-order valence-electron chi connectivity index (χ1n) is 6.54. The number of nitrogens with one attached hydrogen (secondary N) is 1. The zero-order chi connectivity index (χ0) is 12.0. The summed E-state index contributed by atoms with van der Waals surface area (Å²) < 4.78 is 5.14. The second-order valence-corrected chi connectivity index (χ2v) is 5.35. The zero-order valence-electron chi connectivity index (χ0n) is 11.0. The van der Waals surface area contributed by atoms with Crippen LogP contribution in [0.1, 0.15) is 46.0 Å². The molecule has 2 N–H and O–H groups in total. The van der Waals surface area contributed by atoms with Crippen LogP contribution in [-0.2, 0) is 4.74 Å². The molecule has 16 heavy (non-hydrogen) atoms. The highest BCUT2D eigenvalue weighted by molar-refractivity contribution is 4.87. The molecule has 0 aromatic heterocycles. The summed E-state index contributed by atoms with van der Waals surface area (Å²) in [7, 11) is 1.72. The first-order valence-corrected chi connectivity index (χ1v) is 6.54. The van der Waals surface area contributed by atoms with E-state index in [0.29, 0.717) is 12.6 Å². The number of methoxy groups -OCH3 is 1. The van der Waals surface area contributed by atoms with Gasteiger partial charge in [-0.1, -0.05) is 13.8 Å². The van der Waals surface area contributed by atoms with Crippen molar-refractivity contribution in [2.24, 2.45) is 5.92 Å². The van der Waals surface area contributed by atoms with Crippen molar-refractivity contribution in [3.63, 3.8) is 0 Å². The van der Waals surface area contributed by atoms with E-state index in [2.05, 4.69) is 19.2 Å². The van der Waals surface area contributed by atoms with E-state index in [1.807, 2.05) is 0 Å². The van der Waals surface area contributed by atoms with E-state index in [-0.39, 0.29) is 0 Å². The normalized spacial score (nSPS) is 32.6. The first-order chi connectivity index (χ1) is 7.59. The number of rotatable bonds is 6. The van der Waals surface area contributed by atoms with E-state index in [4.69, 9.17) is 4.74 Å². The van der Waals surface area contributed by atoms with Crippen molar-refractivity contribution < 1.29 is 9.84 Å². The van der Waals surface area contributed by atoms with Crippen LogP contribution in [0.4, 0.5) is 0 Å². The molecule has 0 saturated heterocycles. The van der Waals surface area contributed by atoms with Crippen LogP contribution in [-0.4, -0.2) is 37.0 Å².